The highest BCUT2D eigenvalue weighted by Crippen LogP contribution is 2.18. The van der Waals surface area contributed by atoms with Crippen molar-refractivity contribution in [2.45, 2.75) is 39.3 Å². The molecule has 3 rings (SSSR count). The van der Waals surface area contributed by atoms with Crippen LogP contribution < -0.4 is 15.5 Å². The van der Waals surface area contributed by atoms with Crippen LogP contribution in [0.25, 0.3) is 0 Å². The molecule has 2 aromatic rings. The van der Waals surface area contributed by atoms with Gasteiger partial charge in [-0.05, 0) is 56.0 Å². The van der Waals surface area contributed by atoms with Gasteiger partial charge in [0, 0.05) is 32.0 Å². The summed E-state index contributed by atoms with van der Waals surface area (Å²) in [6, 6.07) is 10.1. The lowest BCUT2D eigenvalue weighted by atomic mass is 10.1. The van der Waals surface area contributed by atoms with Crippen LogP contribution in [0.15, 0.2) is 47.7 Å². The van der Waals surface area contributed by atoms with Crippen LogP contribution in [0.2, 0.25) is 0 Å². The third kappa shape index (κ3) is 6.97. The Kier molecular flexibility index (Phi) is 9.30. The molecule has 1 aliphatic rings. The number of rotatable bonds is 6. The summed E-state index contributed by atoms with van der Waals surface area (Å²) in [6.07, 6.45) is 7.54. The first-order valence-electron chi connectivity index (χ1n) is 9.47. The van der Waals surface area contributed by atoms with E-state index in [0.717, 1.165) is 37.1 Å². The third-order valence-corrected chi connectivity index (χ3v) is 4.42. The molecule has 0 amide bonds. The quantitative estimate of drug-likeness (QED) is 0.377. The van der Waals surface area contributed by atoms with Crippen molar-refractivity contribution in [3.8, 4) is 0 Å². The zero-order valence-corrected chi connectivity index (χ0v) is 18.2. The molecule has 7 heteroatoms. The number of nitrogens with one attached hydrogen (secondary N) is 2. The molecular weight excluding hydrogens is 451 g/mol. The molecule has 0 saturated carbocycles. The van der Waals surface area contributed by atoms with E-state index in [1.807, 2.05) is 30.5 Å². The highest BCUT2D eigenvalue weighted by molar-refractivity contribution is 14.0. The molecule has 2 N–H and O–H groups in total. The minimum absolute atomic E-state index is 0. The molecule has 1 aliphatic heterocycles. The first kappa shape index (κ1) is 21.4. The molecule has 0 spiro atoms. The van der Waals surface area contributed by atoms with Crippen molar-refractivity contribution >= 4 is 35.8 Å². The SMILES string of the molecule is CCNC(=NCc1ccnc(N2CCCCC2)c1)NCc1ccccn1.I. The van der Waals surface area contributed by atoms with Crippen molar-refractivity contribution in [2.75, 3.05) is 24.5 Å². The Hall–Kier alpha value is -1.90. The zero-order chi connectivity index (χ0) is 18.0. The summed E-state index contributed by atoms with van der Waals surface area (Å²) in [7, 11) is 0. The maximum atomic E-state index is 4.71. The van der Waals surface area contributed by atoms with E-state index in [1.54, 1.807) is 6.20 Å². The van der Waals surface area contributed by atoms with Gasteiger partial charge in [-0.2, -0.15) is 0 Å². The van der Waals surface area contributed by atoms with Gasteiger partial charge in [-0.1, -0.05) is 6.07 Å². The highest BCUT2D eigenvalue weighted by Gasteiger charge is 2.12. The lowest BCUT2D eigenvalue weighted by Gasteiger charge is -2.27. The van der Waals surface area contributed by atoms with E-state index in [9.17, 15) is 0 Å². The average Bonchev–Trinajstić information content (AvgIpc) is 2.72. The summed E-state index contributed by atoms with van der Waals surface area (Å²) < 4.78 is 0. The Morgan fingerprint density at radius 2 is 1.93 bits per heavy atom. The normalized spacial score (nSPS) is 14.4. The maximum Gasteiger partial charge on any atom is 0.191 e. The van der Waals surface area contributed by atoms with Gasteiger partial charge in [0.2, 0.25) is 0 Å². The van der Waals surface area contributed by atoms with Crippen molar-refractivity contribution in [1.82, 2.24) is 20.6 Å². The molecule has 1 saturated heterocycles. The predicted octanol–water partition coefficient (Wildman–Crippen LogP) is 3.34. The number of aliphatic imine (C=N–C) groups is 1. The Bertz CT molecular complexity index is 701. The molecule has 6 nitrogen and oxygen atoms in total. The first-order valence-corrected chi connectivity index (χ1v) is 9.47. The number of hydrogen-bond acceptors (Lipinski definition) is 4. The van der Waals surface area contributed by atoms with Crippen molar-refractivity contribution in [1.29, 1.82) is 0 Å². The van der Waals surface area contributed by atoms with Gasteiger partial charge in [0.1, 0.15) is 5.82 Å². The van der Waals surface area contributed by atoms with Gasteiger partial charge in [0.25, 0.3) is 0 Å². The predicted molar refractivity (Wildman–Crippen MR) is 122 cm³/mol. The number of nitrogens with zero attached hydrogens (tertiary/aromatic N) is 4. The molecule has 27 heavy (non-hydrogen) atoms. The molecule has 0 radical (unpaired) electrons. The number of piperidine rings is 1. The van der Waals surface area contributed by atoms with Gasteiger partial charge < -0.3 is 15.5 Å². The van der Waals surface area contributed by atoms with Crippen LogP contribution in [0.4, 0.5) is 5.82 Å². The molecule has 0 bridgehead atoms. The standard InChI is InChI=1S/C20H28N6.HI/c1-2-21-20(25-16-18-8-4-5-10-22-18)24-15-17-9-11-23-19(14-17)26-12-6-3-7-13-26;/h4-5,8-11,14H,2-3,6-7,12-13,15-16H2,1H3,(H2,21,24,25);1H. The van der Waals surface area contributed by atoms with Gasteiger partial charge in [-0.3, -0.25) is 4.98 Å². The second-order valence-corrected chi connectivity index (χ2v) is 6.44. The topological polar surface area (TPSA) is 65.4 Å². The lowest BCUT2D eigenvalue weighted by Crippen LogP contribution is -2.37. The third-order valence-electron chi connectivity index (χ3n) is 4.42. The molecule has 1 fully saturated rings. The molecule has 0 unspecified atom stereocenters. The van der Waals surface area contributed by atoms with E-state index in [1.165, 1.54) is 24.8 Å². The number of hydrogen-bond donors (Lipinski definition) is 2. The van der Waals surface area contributed by atoms with E-state index < -0.39 is 0 Å². The van der Waals surface area contributed by atoms with Crippen LogP contribution in [-0.2, 0) is 13.1 Å². The minimum atomic E-state index is 0. The van der Waals surface area contributed by atoms with E-state index in [2.05, 4.69) is 38.5 Å². The van der Waals surface area contributed by atoms with Crippen LogP contribution in [0.1, 0.15) is 37.4 Å². The lowest BCUT2D eigenvalue weighted by molar-refractivity contribution is 0.573. The van der Waals surface area contributed by atoms with Gasteiger partial charge in [0.15, 0.2) is 5.96 Å². The minimum Gasteiger partial charge on any atom is -0.357 e. The number of anilines is 1. The van der Waals surface area contributed by atoms with Gasteiger partial charge in [-0.15, -0.1) is 24.0 Å². The van der Waals surface area contributed by atoms with E-state index >= 15 is 0 Å². The second kappa shape index (κ2) is 11.7. The Labute approximate surface area is 178 Å². The Morgan fingerprint density at radius 3 is 2.67 bits per heavy atom. The molecule has 3 heterocycles. The van der Waals surface area contributed by atoms with Crippen LogP contribution in [-0.4, -0.2) is 35.6 Å². The summed E-state index contributed by atoms with van der Waals surface area (Å²) in [5.74, 6) is 1.87. The van der Waals surface area contributed by atoms with E-state index in [4.69, 9.17) is 4.99 Å². The first-order chi connectivity index (χ1) is 12.8. The fourth-order valence-electron chi connectivity index (χ4n) is 3.04. The number of guanidine groups is 1. The number of aromatic nitrogens is 2. The zero-order valence-electron chi connectivity index (χ0n) is 15.9. The van der Waals surface area contributed by atoms with Crippen LogP contribution in [0, 0.1) is 0 Å². The fraction of sp³-hybridized carbons (Fsp3) is 0.450. The van der Waals surface area contributed by atoms with E-state index in [0.29, 0.717) is 13.1 Å². The largest absolute Gasteiger partial charge is 0.357 e. The molecule has 146 valence electrons. The fourth-order valence-corrected chi connectivity index (χ4v) is 3.04. The maximum absolute atomic E-state index is 4.71. The molecule has 0 aromatic carbocycles. The Balaban J connectivity index is 0.00000261. The Morgan fingerprint density at radius 1 is 1.07 bits per heavy atom. The van der Waals surface area contributed by atoms with Crippen LogP contribution in [0.3, 0.4) is 0 Å². The van der Waals surface area contributed by atoms with Crippen molar-refractivity contribution < 1.29 is 0 Å². The smallest absolute Gasteiger partial charge is 0.191 e. The van der Waals surface area contributed by atoms with Gasteiger partial charge in [-0.25, -0.2) is 9.98 Å². The van der Waals surface area contributed by atoms with E-state index in [-0.39, 0.29) is 24.0 Å². The summed E-state index contributed by atoms with van der Waals surface area (Å²) in [5.41, 5.74) is 2.17. The van der Waals surface area contributed by atoms with Crippen molar-refractivity contribution in [3.05, 3.63) is 54.0 Å². The summed E-state index contributed by atoms with van der Waals surface area (Å²) in [4.78, 5) is 16.0. The molecule has 2 aromatic heterocycles. The van der Waals surface area contributed by atoms with Crippen molar-refractivity contribution in [3.63, 3.8) is 0 Å². The average molecular weight is 480 g/mol. The summed E-state index contributed by atoms with van der Waals surface area (Å²) in [6.45, 7) is 6.38. The number of halogens is 1. The van der Waals surface area contributed by atoms with Crippen LogP contribution in [0.5, 0.6) is 0 Å². The molecular formula is C20H29IN6. The summed E-state index contributed by atoms with van der Waals surface area (Å²) >= 11 is 0. The molecule has 0 atom stereocenters. The summed E-state index contributed by atoms with van der Waals surface area (Å²) in [5, 5.41) is 6.62. The van der Waals surface area contributed by atoms with Gasteiger partial charge >= 0.3 is 0 Å². The van der Waals surface area contributed by atoms with Gasteiger partial charge in [0.05, 0.1) is 18.8 Å². The van der Waals surface area contributed by atoms with Crippen molar-refractivity contribution in [2.24, 2.45) is 4.99 Å². The second-order valence-electron chi connectivity index (χ2n) is 6.44. The monoisotopic (exact) mass is 480 g/mol. The highest BCUT2D eigenvalue weighted by atomic mass is 127. The van der Waals surface area contributed by atoms with Crippen LogP contribution >= 0.6 is 24.0 Å². The number of pyridine rings is 2. The molecule has 0 aliphatic carbocycles.